The number of benzene rings is 2. The van der Waals surface area contributed by atoms with Gasteiger partial charge in [0.1, 0.15) is 6.04 Å². The van der Waals surface area contributed by atoms with Gasteiger partial charge in [-0.1, -0.05) is 50.6 Å². The van der Waals surface area contributed by atoms with Gasteiger partial charge in [0.2, 0.25) is 21.8 Å². The molecule has 7 nitrogen and oxygen atoms in total. The Morgan fingerprint density at radius 1 is 1.09 bits per heavy atom. The van der Waals surface area contributed by atoms with E-state index in [1.54, 1.807) is 17.0 Å². The Labute approximate surface area is 196 Å². The number of carbonyl (C=O) groups is 2. The molecule has 8 heteroatoms. The second kappa shape index (κ2) is 10.5. The lowest BCUT2D eigenvalue weighted by Crippen LogP contribution is -2.47. The third-order valence-electron chi connectivity index (χ3n) is 5.77. The van der Waals surface area contributed by atoms with Crippen LogP contribution in [0.15, 0.2) is 47.4 Å². The number of carbonyl (C=O) groups excluding carboxylic acids is 2. The molecule has 1 aliphatic heterocycles. The van der Waals surface area contributed by atoms with Gasteiger partial charge < -0.3 is 10.2 Å². The van der Waals surface area contributed by atoms with Gasteiger partial charge in [-0.05, 0) is 55.0 Å². The van der Waals surface area contributed by atoms with Crippen molar-refractivity contribution in [2.75, 3.05) is 11.4 Å². The van der Waals surface area contributed by atoms with Crippen molar-refractivity contribution in [2.45, 2.75) is 64.4 Å². The van der Waals surface area contributed by atoms with Crippen molar-refractivity contribution in [3.8, 4) is 0 Å². The third kappa shape index (κ3) is 6.21. The number of nitrogens with one attached hydrogen (secondary N) is 2. The van der Waals surface area contributed by atoms with E-state index in [1.807, 2.05) is 52.0 Å². The van der Waals surface area contributed by atoms with Crippen molar-refractivity contribution in [3.63, 3.8) is 0 Å². The predicted octanol–water partition coefficient (Wildman–Crippen LogP) is 3.30. The molecule has 178 valence electrons. The van der Waals surface area contributed by atoms with Crippen LogP contribution in [0.3, 0.4) is 0 Å². The van der Waals surface area contributed by atoms with Crippen LogP contribution < -0.4 is 14.9 Å². The summed E-state index contributed by atoms with van der Waals surface area (Å²) in [7, 11) is -3.92. The van der Waals surface area contributed by atoms with E-state index >= 15 is 0 Å². The minimum Gasteiger partial charge on any atom is -0.351 e. The molecule has 0 aromatic heterocycles. The zero-order valence-electron chi connectivity index (χ0n) is 19.7. The molecule has 0 bridgehead atoms. The zero-order chi connectivity index (χ0) is 24.2. The summed E-state index contributed by atoms with van der Waals surface area (Å²) in [5, 5.41) is 2.85. The summed E-state index contributed by atoms with van der Waals surface area (Å²) in [6, 6.07) is 11.7. The van der Waals surface area contributed by atoms with Gasteiger partial charge in [0.05, 0.1) is 4.90 Å². The van der Waals surface area contributed by atoms with Crippen LogP contribution in [0.2, 0.25) is 0 Å². The summed E-state index contributed by atoms with van der Waals surface area (Å²) in [4.78, 5) is 26.8. The zero-order valence-corrected chi connectivity index (χ0v) is 20.5. The monoisotopic (exact) mass is 471 g/mol. The van der Waals surface area contributed by atoms with Gasteiger partial charge in [-0.3, -0.25) is 9.59 Å². The number of hydrogen-bond donors (Lipinski definition) is 2. The van der Waals surface area contributed by atoms with E-state index in [1.165, 1.54) is 6.07 Å². The third-order valence-corrected chi connectivity index (χ3v) is 7.24. The Bertz CT molecular complexity index is 1110. The highest BCUT2D eigenvalue weighted by Gasteiger charge is 2.29. The highest BCUT2D eigenvalue weighted by atomic mass is 32.2. The van der Waals surface area contributed by atoms with Gasteiger partial charge >= 0.3 is 0 Å². The van der Waals surface area contributed by atoms with Crippen molar-refractivity contribution >= 4 is 27.5 Å². The fourth-order valence-electron chi connectivity index (χ4n) is 3.95. The normalized spacial score (nSPS) is 14.3. The summed E-state index contributed by atoms with van der Waals surface area (Å²) >= 11 is 0. The molecule has 1 atom stereocenters. The van der Waals surface area contributed by atoms with E-state index in [0.717, 1.165) is 22.4 Å². The fraction of sp³-hybridized carbons (Fsp3) is 0.440. The molecule has 2 amide bonds. The Kier molecular flexibility index (Phi) is 7.92. The number of fused-ring (bicyclic) bond motifs is 1. The van der Waals surface area contributed by atoms with Crippen LogP contribution in [0, 0.1) is 12.8 Å². The second-order valence-corrected chi connectivity index (χ2v) is 10.7. The average molecular weight is 472 g/mol. The average Bonchev–Trinajstić information content (AvgIpc) is 3.20. The van der Waals surface area contributed by atoms with Crippen molar-refractivity contribution in [1.29, 1.82) is 0 Å². The van der Waals surface area contributed by atoms with Crippen molar-refractivity contribution in [2.24, 2.45) is 5.92 Å². The molecule has 0 spiro atoms. The molecule has 2 aromatic rings. The van der Waals surface area contributed by atoms with Crippen molar-refractivity contribution in [1.82, 2.24) is 10.0 Å². The van der Waals surface area contributed by atoms with Gasteiger partial charge in [0.25, 0.3) is 0 Å². The van der Waals surface area contributed by atoms with Crippen LogP contribution in [0.4, 0.5) is 5.69 Å². The summed E-state index contributed by atoms with van der Waals surface area (Å²) < 4.78 is 28.9. The number of nitrogens with zero attached hydrogens (tertiary/aromatic N) is 1. The molecule has 0 saturated carbocycles. The first-order valence-corrected chi connectivity index (χ1v) is 12.9. The van der Waals surface area contributed by atoms with E-state index in [9.17, 15) is 18.0 Å². The topological polar surface area (TPSA) is 95.6 Å². The molecule has 1 heterocycles. The van der Waals surface area contributed by atoms with Crippen LogP contribution in [0.5, 0.6) is 0 Å². The van der Waals surface area contributed by atoms with Gasteiger partial charge in [-0.2, -0.15) is 4.72 Å². The molecule has 33 heavy (non-hydrogen) atoms. The van der Waals surface area contributed by atoms with Crippen LogP contribution in [0.1, 0.15) is 50.3 Å². The Morgan fingerprint density at radius 2 is 1.79 bits per heavy atom. The SMILES string of the molecule is CCC(=O)N1CCc2cc(S(=O)(=O)N[C@H](CC(C)C)C(=O)NCc3ccc(C)cc3)ccc21. The minimum absolute atomic E-state index is 0.0183. The molecule has 0 fully saturated rings. The smallest absolute Gasteiger partial charge is 0.241 e. The number of rotatable bonds is 9. The lowest BCUT2D eigenvalue weighted by atomic mass is 10.0. The van der Waals surface area contributed by atoms with Crippen LogP contribution >= 0.6 is 0 Å². The lowest BCUT2D eigenvalue weighted by Gasteiger charge is -2.21. The predicted molar refractivity (Wildman–Crippen MR) is 129 cm³/mol. The van der Waals surface area contributed by atoms with Gasteiger partial charge in [0, 0.05) is 25.2 Å². The number of aryl methyl sites for hydroxylation is 1. The number of hydrogen-bond acceptors (Lipinski definition) is 4. The molecule has 0 saturated heterocycles. The van der Waals surface area contributed by atoms with E-state index in [2.05, 4.69) is 10.0 Å². The number of amides is 2. The molecule has 0 aliphatic carbocycles. The fourth-order valence-corrected chi connectivity index (χ4v) is 5.21. The van der Waals surface area contributed by atoms with E-state index < -0.39 is 16.1 Å². The Morgan fingerprint density at radius 3 is 2.42 bits per heavy atom. The standard InChI is InChI=1S/C25H33N3O4S/c1-5-24(29)28-13-12-20-15-21(10-11-23(20)28)33(31,32)27-22(14-17(2)3)25(30)26-16-19-8-6-18(4)7-9-19/h6-11,15,17,22,27H,5,12-14,16H2,1-4H3,(H,26,30)/t22-/m1/s1. The van der Waals surface area contributed by atoms with Crippen molar-refractivity contribution < 1.29 is 18.0 Å². The maximum absolute atomic E-state index is 13.1. The lowest BCUT2D eigenvalue weighted by molar-refractivity contribution is -0.123. The maximum atomic E-state index is 13.1. The van der Waals surface area contributed by atoms with Crippen LogP contribution in [-0.2, 0) is 32.6 Å². The summed E-state index contributed by atoms with van der Waals surface area (Å²) in [5.74, 6) is -0.213. The molecular formula is C25H33N3O4S. The van der Waals surface area contributed by atoms with Crippen molar-refractivity contribution in [3.05, 3.63) is 59.2 Å². The number of anilines is 1. The molecule has 0 unspecified atom stereocenters. The maximum Gasteiger partial charge on any atom is 0.241 e. The van der Waals surface area contributed by atoms with Gasteiger partial charge in [-0.15, -0.1) is 0 Å². The highest BCUT2D eigenvalue weighted by molar-refractivity contribution is 7.89. The van der Waals surface area contributed by atoms with Crippen LogP contribution in [0.25, 0.3) is 0 Å². The molecular weight excluding hydrogens is 438 g/mol. The summed E-state index contributed by atoms with van der Waals surface area (Å²) in [5.41, 5.74) is 3.66. The highest BCUT2D eigenvalue weighted by Crippen LogP contribution is 2.30. The summed E-state index contributed by atoms with van der Waals surface area (Å²) in [6.07, 6.45) is 1.38. The van der Waals surface area contributed by atoms with E-state index in [-0.39, 0.29) is 22.6 Å². The Hall–Kier alpha value is -2.71. The van der Waals surface area contributed by atoms with Crippen LogP contribution in [-0.4, -0.2) is 32.8 Å². The molecule has 2 aromatic carbocycles. The van der Waals surface area contributed by atoms with Gasteiger partial charge in [-0.25, -0.2) is 8.42 Å². The minimum atomic E-state index is -3.92. The van der Waals surface area contributed by atoms with Gasteiger partial charge in [0.15, 0.2) is 0 Å². The second-order valence-electron chi connectivity index (χ2n) is 8.95. The molecule has 2 N–H and O–H groups in total. The van der Waals surface area contributed by atoms with E-state index in [4.69, 9.17) is 0 Å². The van der Waals surface area contributed by atoms with E-state index in [0.29, 0.717) is 32.4 Å². The molecule has 1 aliphatic rings. The first-order chi connectivity index (χ1) is 15.6. The largest absolute Gasteiger partial charge is 0.351 e. The first kappa shape index (κ1) is 24.9. The molecule has 3 rings (SSSR count). The quantitative estimate of drug-likeness (QED) is 0.587. The Balaban J connectivity index is 1.74. The number of sulfonamides is 1. The molecule has 0 radical (unpaired) electrons. The first-order valence-electron chi connectivity index (χ1n) is 11.4. The summed E-state index contributed by atoms with van der Waals surface area (Å²) in [6.45, 7) is 8.58.